The molecule has 0 spiro atoms. The van der Waals surface area contributed by atoms with Crippen LogP contribution in [0.5, 0.6) is 0 Å². The molecule has 1 aliphatic rings. The second-order valence-electron chi connectivity index (χ2n) is 7.66. The van der Waals surface area contributed by atoms with Crippen LogP contribution in [0.1, 0.15) is 33.8 Å². The summed E-state index contributed by atoms with van der Waals surface area (Å²) >= 11 is 5.20. The highest BCUT2D eigenvalue weighted by Crippen LogP contribution is 2.26. The van der Waals surface area contributed by atoms with Gasteiger partial charge < -0.3 is 10.2 Å². The smallest absolute Gasteiger partial charge is 0.254 e. The second kappa shape index (κ2) is 9.27. The van der Waals surface area contributed by atoms with Crippen molar-refractivity contribution >= 4 is 50.0 Å². The van der Waals surface area contributed by atoms with E-state index in [1.54, 1.807) is 11.3 Å². The molecule has 0 unspecified atom stereocenters. The summed E-state index contributed by atoms with van der Waals surface area (Å²) in [4.78, 5) is 33.4. The molecule has 0 aliphatic carbocycles. The molecule has 30 heavy (non-hydrogen) atoms. The van der Waals surface area contributed by atoms with Crippen molar-refractivity contribution in [2.24, 2.45) is 5.92 Å². The van der Waals surface area contributed by atoms with Gasteiger partial charge >= 0.3 is 0 Å². The molecule has 1 N–H and O–H groups in total. The van der Waals surface area contributed by atoms with E-state index in [4.69, 9.17) is 0 Å². The Kier molecular flexibility index (Phi) is 6.49. The van der Waals surface area contributed by atoms with E-state index in [1.165, 1.54) is 4.88 Å². The summed E-state index contributed by atoms with van der Waals surface area (Å²) in [6, 6.07) is 11.8. The number of carbonyl (C=O) groups excluding carboxylic acids is 2. The first-order valence-corrected chi connectivity index (χ1v) is 11.8. The molecule has 1 aliphatic heterocycles. The van der Waals surface area contributed by atoms with Crippen LogP contribution in [0.4, 0.5) is 0 Å². The maximum absolute atomic E-state index is 13.2. The van der Waals surface area contributed by atoms with E-state index in [-0.39, 0.29) is 17.7 Å². The van der Waals surface area contributed by atoms with Gasteiger partial charge in [-0.05, 0) is 61.9 Å². The molecule has 1 aromatic carbocycles. The number of nitrogens with zero attached hydrogens (tertiary/aromatic N) is 2. The van der Waals surface area contributed by atoms with Gasteiger partial charge in [-0.2, -0.15) is 0 Å². The standard InChI is InChI=1S/C23H24BrN3O2S/c1-15-13-20(19-14-17(24)4-5-21(19)26-15)23(29)27-10-7-16(8-11-27)22(28)25-9-6-18-3-2-12-30-18/h2-5,12-14,16H,6-11H2,1H3,(H,25,28). The van der Waals surface area contributed by atoms with Crippen LogP contribution in [0.2, 0.25) is 0 Å². The number of amides is 2. The molecular formula is C23H24BrN3O2S. The lowest BCUT2D eigenvalue weighted by molar-refractivity contribution is -0.126. The number of hydrogen-bond donors (Lipinski definition) is 1. The highest BCUT2D eigenvalue weighted by Gasteiger charge is 2.28. The minimum Gasteiger partial charge on any atom is -0.355 e. The highest BCUT2D eigenvalue weighted by atomic mass is 79.9. The maximum atomic E-state index is 13.2. The average Bonchev–Trinajstić information content (AvgIpc) is 3.26. The number of likely N-dealkylation sites (tertiary alicyclic amines) is 1. The first-order valence-electron chi connectivity index (χ1n) is 10.2. The molecule has 2 amide bonds. The zero-order valence-corrected chi connectivity index (χ0v) is 19.3. The Morgan fingerprint density at radius 1 is 1.23 bits per heavy atom. The van der Waals surface area contributed by atoms with E-state index >= 15 is 0 Å². The molecule has 0 radical (unpaired) electrons. The van der Waals surface area contributed by atoms with Gasteiger partial charge in [-0.25, -0.2) is 0 Å². The van der Waals surface area contributed by atoms with Crippen LogP contribution in [0.3, 0.4) is 0 Å². The number of piperidine rings is 1. The Hall–Kier alpha value is -2.25. The summed E-state index contributed by atoms with van der Waals surface area (Å²) in [5.74, 6) is 0.0930. The Labute approximate surface area is 188 Å². The molecule has 0 bridgehead atoms. The monoisotopic (exact) mass is 485 g/mol. The number of benzene rings is 1. The predicted octanol–water partition coefficient (Wildman–Crippen LogP) is 4.58. The summed E-state index contributed by atoms with van der Waals surface area (Å²) in [6.07, 6.45) is 2.26. The zero-order valence-electron chi connectivity index (χ0n) is 16.9. The van der Waals surface area contributed by atoms with Crippen LogP contribution < -0.4 is 5.32 Å². The van der Waals surface area contributed by atoms with Crippen molar-refractivity contribution in [1.29, 1.82) is 0 Å². The van der Waals surface area contributed by atoms with E-state index < -0.39 is 0 Å². The van der Waals surface area contributed by atoms with Crippen LogP contribution >= 0.6 is 27.3 Å². The van der Waals surface area contributed by atoms with Crippen molar-refractivity contribution in [2.45, 2.75) is 26.2 Å². The van der Waals surface area contributed by atoms with Crippen molar-refractivity contribution < 1.29 is 9.59 Å². The minimum absolute atomic E-state index is 0.0140. The Morgan fingerprint density at radius 2 is 2.03 bits per heavy atom. The largest absolute Gasteiger partial charge is 0.355 e. The quantitative estimate of drug-likeness (QED) is 0.575. The number of aromatic nitrogens is 1. The summed E-state index contributed by atoms with van der Waals surface area (Å²) in [5, 5.41) is 5.96. The van der Waals surface area contributed by atoms with Gasteiger partial charge in [-0.15, -0.1) is 11.3 Å². The molecule has 7 heteroatoms. The lowest BCUT2D eigenvalue weighted by Crippen LogP contribution is -2.43. The van der Waals surface area contributed by atoms with E-state index in [9.17, 15) is 9.59 Å². The fourth-order valence-electron chi connectivity index (χ4n) is 3.93. The van der Waals surface area contributed by atoms with Crippen molar-refractivity contribution in [3.63, 3.8) is 0 Å². The third-order valence-corrected chi connectivity index (χ3v) is 6.96. The number of halogens is 1. The van der Waals surface area contributed by atoms with E-state index in [0.717, 1.165) is 27.5 Å². The molecule has 3 heterocycles. The SMILES string of the molecule is Cc1cc(C(=O)N2CCC(C(=O)NCCc3cccs3)CC2)c2cc(Br)ccc2n1. The third kappa shape index (κ3) is 4.73. The van der Waals surface area contributed by atoms with Gasteiger partial charge in [0.15, 0.2) is 0 Å². The Bertz CT molecular complexity index is 1060. The van der Waals surface area contributed by atoms with Gasteiger partial charge in [0.2, 0.25) is 5.91 Å². The van der Waals surface area contributed by atoms with E-state index in [1.807, 2.05) is 42.2 Å². The number of hydrogen-bond acceptors (Lipinski definition) is 4. The Morgan fingerprint density at radius 3 is 2.77 bits per heavy atom. The van der Waals surface area contributed by atoms with Crippen molar-refractivity contribution in [2.75, 3.05) is 19.6 Å². The fourth-order valence-corrected chi connectivity index (χ4v) is 5.00. The molecule has 2 aromatic heterocycles. The predicted molar refractivity (Wildman–Crippen MR) is 124 cm³/mol. The van der Waals surface area contributed by atoms with Gasteiger partial charge in [-0.1, -0.05) is 22.0 Å². The molecule has 4 rings (SSSR count). The summed E-state index contributed by atoms with van der Waals surface area (Å²) in [6.45, 7) is 3.76. The van der Waals surface area contributed by atoms with Crippen molar-refractivity contribution in [3.05, 3.63) is 62.4 Å². The molecule has 3 aromatic rings. The Balaban J connectivity index is 1.37. The molecule has 156 valence electrons. The van der Waals surface area contributed by atoms with E-state index in [2.05, 4.69) is 37.7 Å². The number of thiophene rings is 1. The van der Waals surface area contributed by atoms with Gasteiger partial charge in [0.05, 0.1) is 11.1 Å². The van der Waals surface area contributed by atoms with Crippen LogP contribution in [0, 0.1) is 12.8 Å². The maximum Gasteiger partial charge on any atom is 0.254 e. The highest BCUT2D eigenvalue weighted by molar-refractivity contribution is 9.10. The number of pyridine rings is 1. The lowest BCUT2D eigenvalue weighted by atomic mass is 9.95. The number of rotatable bonds is 5. The lowest BCUT2D eigenvalue weighted by Gasteiger charge is -2.31. The van der Waals surface area contributed by atoms with Gasteiger partial charge in [0, 0.05) is 46.0 Å². The van der Waals surface area contributed by atoms with Crippen LogP contribution in [-0.2, 0) is 11.2 Å². The van der Waals surface area contributed by atoms with Crippen molar-refractivity contribution in [1.82, 2.24) is 15.2 Å². The summed E-state index contributed by atoms with van der Waals surface area (Å²) in [7, 11) is 0. The molecular weight excluding hydrogens is 462 g/mol. The zero-order chi connectivity index (χ0) is 21.1. The summed E-state index contributed by atoms with van der Waals surface area (Å²) < 4.78 is 0.924. The normalized spacial score (nSPS) is 14.8. The number of aryl methyl sites for hydroxylation is 1. The van der Waals surface area contributed by atoms with Crippen LogP contribution in [0.25, 0.3) is 10.9 Å². The fraction of sp³-hybridized carbons (Fsp3) is 0.348. The topological polar surface area (TPSA) is 62.3 Å². The molecule has 0 saturated carbocycles. The van der Waals surface area contributed by atoms with Crippen molar-refractivity contribution in [3.8, 4) is 0 Å². The van der Waals surface area contributed by atoms with Gasteiger partial charge in [0.25, 0.3) is 5.91 Å². The van der Waals surface area contributed by atoms with Crippen LogP contribution in [-0.4, -0.2) is 41.3 Å². The van der Waals surface area contributed by atoms with Crippen LogP contribution in [0.15, 0.2) is 46.3 Å². The van der Waals surface area contributed by atoms with E-state index in [0.29, 0.717) is 38.0 Å². The average molecular weight is 486 g/mol. The first kappa shape index (κ1) is 21.0. The number of fused-ring (bicyclic) bond motifs is 1. The van der Waals surface area contributed by atoms with Gasteiger partial charge in [0.1, 0.15) is 0 Å². The molecule has 5 nitrogen and oxygen atoms in total. The van der Waals surface area contributed by atoms with Gasteiger partial charge in [-0.3, -0.25) is 14.6 Å². The molecule has 1 fully saturated rings. The molecule has 1 saturated heterocycles. The second-order valence-corrected chi connectivity index (χ2v) is 9.61. The minimum atomic E-state index is -0.0255. The first-order chi connectivity index (χ1) is 14.5. The number of carbonyl (C=O) groups is 2. The number of nitrogens with one attached hydrogen (secondary N) is 1. The third-order valence-electron chi connectivity index (χ3n) is 5.53. The summed E-state index contributed by atoms with van der Waals surface area (Å²) in [5.41, 5.74) is 2.33. The molecule has 0 atom stereocenters.